The third-order valence-electron chi connectivity index (χ3n) is 3.24. The van der Waals surface area contributed by atoms with Crippen molar-refractivity contribution in [2.24, 2.45) is 17.1 Å². The second kappa shape index (κ2) is 4.90. The molecular weight excluding hydrogens is 234 g/mol. The van der Waals surface area contributed by atoms with E-state index in [-0.39, 0.29) is 6.10 Å². The van der Waals surface area contributed by atoms with Crippen molar-refractivity contribution in [3.05, 3.63) is 5.01 Å². The van der Waals surface area contributed by atoms with Crippen LogP contribution in [0.5, 0.6) is 5.19 Å². The lowest BCUT2D eigenvalue weighted by Crippen LogP contribution is -2.34. The second-order valence-corrected chi connectivity index (χ2v) is 6.84. The highest BCUT2D eigenvalue weighted by atomic mass is 32.1. The van der Waals surface area contributed by atoms with Crippen LogP contribution in [-0.2, 0) is 6.54 Å². The van der Waals surface area contributed by atoms with Gasteiger partial charge in [-0.2, -0.15) is 0 Å². The molecule has 0 aliphatic heterocycles. The Balaban J connectivity index is 1.98. The molecule has 1 aromatic heterocycles. The number of aromatic nitrogens is 2. The first-order chi connectivity index (χ1) is 7.98. The molecule has 0 amide bonds. The molecule has 5 heteroatoms. The molecule has 0 radical (unpaired) electrons. The molecule has 1 aliphatic rings. The average molecular weight is 255 g/mol. The average Bonchev–Trinajstić information content (AvgIpc) is 2.62. The number of rotatable bonds is 3. The lowest BCUT2D eigenvalue weighted by atomic mass is 9.71. The maximum absolute atomic E-state index is 5.93. The van der Waals surface area contributed by atoms with E-state index in [4.69, 9.17) is 10.5 Å². The van der Waals surface area contributed by atoms with Gasteiger partial charge in [0.1, 0.15) is 11.1 Å². The Labute approximate surface area is 107 Å². The van der Waals surface area contributed by atoms with Crippen LogP contribution in [0, 0.1) is 11.3 Å². The quantitative estimate of drug-likeness (QED) is 0.901. The van der Waals surface area contributed by atoms with Crippen LogP contribution in [0.15, 0.2) is 0 Å². The molecule has 1 aliphatic carbocycles. The zero-order valence-corrected chi connectivity index (χ0v) is 11.6. The first kappa shape index (κ1) is 12.8. The zero-order valence-electron chi connectivity index (χ0n) is 10.8. The van der Waals surface area contributed by atoms with Gasteiger partial charge in [0.05, 0.1) is 0 Å². The fourth-order valence-electron chi connectivity index (χ4n) is 2.86. The van der Waals surface area contributed by atoms with Crippen LogP contribution in [0.2, 0.25) is 0 Å². The van der Waals surface area contributed by atoms with Crippen molar-refractivity contribution in [3.8, 4) is 5.19 Å². The number of hydrogen-bond acceptors (Lipinski definition) is 5. The molecule has 17 heavy (non-hydrogen) atoms. The molecular formula is C12H21N3OS. The SMILES string of the molecule is CC1CC(Oc2nnc(CN)s2)CC(C)(C)C1. The van der Waals surface area contributed by atoms with E-state index in [0.717, 1.165) is 17.8 Å². The maximum Gasteiger partial charge on any atom is 0.294 e. The van der Waals surface area contributed by atoms with Gasteiger partial charge >= 0.3 is 0 Å². The molecule has 1 fully saturated rings. The van der Waals surface area contributed by atoms with Crippen molar-refractivity contribution in [2.75, 3.05) is 0 Å². The number of hydrogen-bond donors (Lipinski definition) is 1. The topological polar surface area (TPSA) is 61.0 Å². The van der Waals surface area contributed by atoms with E-state index in [1.165, 1.54) is 17.8 Å². The molecule has 2 rings (SSSR count). The smallest absolute Gasteiger partial charge is 0.294 e. The summed E-state index contributed by atoms with van der Waals surface area (Å²) in [5, 5.41) is 9.50. The standard InChI is InChI=1S/C12H21N3OS/c1-8-4-9(6-12(2,3)5-8)16-11-15-14-10(7-13)17-11/h8-9H,4-7,13H2,1-3H3. The number of nitrogens with zero attached hydrogens (tertiary/aromatic N) is 2. The van der Waals surface area contributed by atoms with E-state index < -0.39 is 0 Å². The molecule has 1 aromatic rings. The van der Waals surface area contributed by atoms with E-state index in [0.29, 0.717) is 23.1 Å². The number of ether oxygens (including phenoxy) is 1. The first-order valence-corrected chi connectivity index (χ1v) is 6.99. The Morgan fingerprint density at radius 3 is 2.76 bits per heavy atom. The van der Waals surface area contributed by atoms with Gasteiger partial charge in [-0.25, -0.2) is 0 Å². The Morgan fingerprint density at radius 2 is 2.18 bits per heavy atom. The summed E-state index contributed by atoms with van der Waals surface area (Å²) >= 11 is 1.46. The van der Waals surface area contributed by atoms with Crippen molar-refractivity contribution in [2.45, 2.75) is 52.7 Å². The Morgan fingerprint density at radius 1 is 1.41 bits per heavy atom. The fourth-order valence-corrected chi connectivity index (χ4v) is 3.49. The summed E-state index contributed by atoms with van der Waals surface area (Å²) in [7, 11) is 0. The van der Waals surface area contributed by atoms with E-state index in [1.54, 1.807) is 0 Å². The van der Waals surface area contributed by atoms with Crippen molar-refractivity contribution in [1.82, 2.24) is 10.2 Å². The van der Waals surface area contributed by atoms with Crippen LogP contribution in [0.4, 0.5) is 0 Å². The van der Waals surface area contributed by atoms with Crippen molar-refractivity contribution in [1.29, 1.82) is 0 Å². The summed E-state index contributed by atoms with van der Waals surface area (Å²) in [6.45, 7) is 7.35. The number of nitrogens with two attached hydrogens (primary N) is 1. The minimum Gasteiger partial charge on any atom is -0.466 e. The van der Waals surface area contributed by atoms with Gasteiger partial charge in [-0.15, -0.1) is 5.10 Å². The molecule has 0 bridgehead atoms. The summed E-state index contributed by atoms with van der Waals surface area (Å²) in [5.74, 6) is 0.714. The van der Waals surface area contributed by atoms with Gasteiger partial charge in [-0.3, -0.25) is 0 Å². The Hall–Kier alpha value is -0.680. The highest BCUT2D eigenvalue weighted by molar-refractivity contribution is 7.13. The fraction of sp³-hybridized carbons (Fsp3) is 0.833. The molecule has 1 saturated carbocycles. The van der Waals surface area contributed by atoms with Gasteiger partial charge in [0.2, 0.25) is 0 Å². The van der Waals surface area contributed by atoms with Crippen molar-refractivity contribution >= 4 is 11.3 Å². The second-order valence-electron chi connectivity index (χ2n) is 5.82. The predicted molar refractivity (Wildman–Crippen MR) is 69.0 cm³/mol. The summed E-state index contributed by atoms with van der Waals surface area (Å²) in [4.78, 5) is 0. The molecule has 2 N–H and O–H groups in total. The molecule has 0 aromatic carbocycles. The van der Waals surface area contributed by atoms with Crippen molar-refractivity contribution < 1.29 is 4.74 Å². The summed E-state index contributed by atoms with van der Waals surface area (Å²) in [5.41, 5.74) is 5.88. The molecule has 4 nitrogen and oxygen atoms in total. The van der Waals surface area contributed by atoms with E-state index in [9.17, 15) is 0 Å². The Bertz CT molecular complexity index is 378. The molecule has 96 valence electrons. The largest absolute Gasteiger partial charge is 0.466 e. The van der Waals surface area contributed by atoms with Gasteiger partial charge in [-0.1, -0.05) is 37.2 Å². The van der Waals surface area contributed by atoms with Crippen LogP contribution in [-0.4, -0.2) is 16.3 Å². The van der Waals surface area contributed by atoms with E-state index in [1.807, 2.05) is 0 Å². The monoisotopic (exact) mass is 255 g/mol. The van der Waals surface area contributed by atoms with E-state index >= 15 is 0 Å². The predicted octanol–water partition coefficient (Wildman–Crippen LogP) is 2.59. The van der Waals surface area contributed by atoms with Crippen LogP contribution < -0.4 is 10.5 Å². The molecule has 2 atom stereocenters. The van der Waals surface area contributed by atoms with Gasteiger partial charge < -0.3 is 10.5 Å². The van der Waals surface area contributed by atoms with Crippen LogP contribution in [0.25, 0.3) is 0 Å². The van der Waals surface area contributed by atoms with Gasteiger partial charge in [0.25, 0.3) is 5.19 Å². The highest BCUT2D eigenvalue weighted by Crippen LogP contribution is 2.40. The van der Waals surface area contributed by atoms with Crippen LogP contribution in [0.1, 0.15) is 45.0 Å². The van der Waals surface area contributed by atoms with Gasteiger partial charge in [0, 0.05) is 6.54 Å². The lowest BCUT2D eigenvalue weighted by molar-refractivity contribution is 0.0556. The first-order valence-electron chi connectivity index (χ1n) is 6.17. The third-order valence-corrected chi connectivity index (χ3v) is 4.07. The van der Waals surface area contributed by atoms with E-state index in [2.05, 4.69) is 31.0 Å². The molecule has 1 heterocycles. The van der Waals surface area contributed by atoms with Crippen molar-refractivity contribution in [3.63, 3.8) is 0 Å². The highest BCUT2D eigenvalue weighted by Gasteiger charge is 2.33. The lowest BCUT2D eigenvalue weighted by Gasteiger charge is -2.38. The Kier molecular flexibility index (Phi) is 3.68. The normalized spacial score (nSPS) is 28.0. The van der Waals surface area contributed by atoms with Crippen LogP contribution in [0.3, 0.4) is 0 Å². The summed E-state index contributed by atoms with van der Waals surface area (Å²) in [6, 6.07) is 0. The molecule has 0 spiro atoms. The molecule has 0 saturated heterocycles. The van der Waals surface area contributed by atoms with Crippen LogP contribution >= 0.6 is 11.3 Å². The third kappa shape index (κ3) is 3.39. The zero-order chi connectivity index (χ0) is 12.5. The van der Waals surface area contributed by atoms with Gasteiger partial charge in [0.15, 0.2) is 0 Å². The maximum atomic E-state index is 5.93. The minimum atomic E-state index is 0.271. The minimum absolute atomic E-state index is 0.271. The summed E-state index contributed by atoms with van der Waals surface area (Å²) < 4.78 is 5.93. The molecule has 2 unspecified atom stereocenters. The van der Waals surface area contributed by atoms with Gasteiger partial charge in [-0.05, 0) is 30.6 Å². The summed E-state index contributed by atoms with van der Waals surface area (Å²) in [6.07, 6.45) is 3.75.